The van der Waals surface area contributed by atoms with Crippen LogP contribution >= 0.6 is 0 Å². The molecule has 0 amide bonds. The van der Waals surface area contributed by atoms with E-state index in [-0.39, 0.29) is 13.0 Å². The van der Waals surface area contributed by atoms with Gasteiger partial charge >= 0.3 is 0 Å². The molecule has 17 heavy (non-hydrogen) atoms. The Morgan fingerprint density at radius 1 is 1.12 bits per heavy atom. The van der Waals surface area contributed by atoms with Gasteiger partial charge in [-0.2, -0.15) is 0 Å². The average molecular weight is 249 g/mol. The van der Waals surface area contributed by atoms with Crippen molar-refractivity contribution in [2.45, 2.75) is 49.0 Å². The Hall–Kier alpha value is -0.280. The molecule has 0 bridgehead atoms. The van der Waals surface area contributed by atoms with Crippen molar-refractivity contribution < 1.29 is 30.6 Å². The van der Waals surface area contributed by atoms with Gasteiger partial charge < -0.3 is 30.6 Å². The summed E-state index contributed by atoms with van der Waals surface area (Å²) in [6.45, 7) is -0.877. The molecule has 2 aliphatic heterocycles. The van der Waals surface area contributed by atoms with Crippen molar-refractivity contribution in [3.8, 4) is 0 Å². The lowest BCUT2D eigenvalue weighted by Crippen LogP contribution is -2.52. The zero-order valence-electron chi connectivity index (χ0n) is 9.29. The van der Waals surface area contributed by atoms with Gasteiger partial charge in [0.05, 0.1) is 49.7 Å². The van der Waals surface area contributed by atoms with Crippen LogP contribution in [-0.4, -0.2) is 91.3 Å². The van der Waals surface area contributed by atoms with Crippen molar-refractivity contribution in [2.75, 3.05) is 13.2 Å². The quantitative estimate of drug-likeness (QED) is 0.303. The Morgan fingerprint density at radius 2 is 1.76 bits per heavy atom. The van der Waals surface area contributed by atoms with E-state index in [1.165, 1.54) is 4.90 Å². The fourth-order valence-corrected chi connectivity index (χ4v) is 3.09. The van der Waals surface area contributed by atoms with E-state index < -0.39 is 49.1 Å². The SMILES string of the molecule is OC[C@@H](O)[C@H]1[C@H](O)[C@H](O)[C@@H]2C[C@H](O)[C@H](CO)N12. The molecular weight excluding hydrogens is 230 g/mol. The fraction of sp³-hybridized carbons (Fsp3) is 1.00. The molecule has 7 heteroatoms. The fourth-order valence-electron chi connectivity index (χ4n) is 3.09. The van der Waals surface area contributed by atoms with Gasteiger partial charge in [0.2, 0.25) is 0 Å². The van der Waals surface area contributed by atoms with Gasteiger partial charge in [0.1, 0.15) is 0 Å². The summed E-state index contributed by atoms with van der Waals surface area (Å²) in [6.07, 6.45) is -4.07. The van der Waals surface area contributed by atoms with Crippen LogP contribution < -0.4 is 0 Å². The van der Waals surface area contributed by atoms with E-state index in [4.69, 9.17) is 5.11 Å². The number of aliphatic hydroxyl groups is 6. The van der Waals surface area contributed by atoms with E-state index in [2.05, 4.69) is 0 Å². The van der Waals surface area contributed by atoms with Crippen LogP contribution in [0, 0.1) is 0 Å². The molecule has 0 saturated carbocycles. The second kappa shape index (κ2) is 4.77. The Morgan fingerprint density at radius 3 is 2.29 bits per heavy atom. The minimum absolute atomic E-state index is 0.234. The third-order valence-corrected chi connectivity index (χ3v) is 3.90. The molecule has 2 rings (SSSR count). The molecule has 0 aromatic heterocycles. The molecule has 0 aromatic carbocycles. The van der Waals surface area contributed by atoms with E-state index in [1.54, 1.807) is 0 Å². The number of fused-ring (bicyclic) bond motifs is 1. The lowest BCUT2D eigenvalue weighted by molar-refractivity contribution is -0.0523. The predicted octanol–water partition coefficient (Wildman–Crippen LogP) is -3.76. The zero-order valence-corrected chi connectivity index (χ0v) is 9.29. The van der Waals surface area contributed by atoms with Crippen LogP contribution in [0.4, 0.5) is 0 Å². The number of hydrogen-bond acceptors (Lipinski definition) is 7. The van der Waals surface area contributed by atoms with Gasteiger partial charge in [-0.05, 0) is 6.42 Å². The number of rotatable bonds is 3. The Labute approximate surface area is 98.5 Å². The van der Waals surface area contributed by atoms with Crippen molar-refractivity contribution >= 4 is 0 Å². The van der Waals surface area contributed by atoms with Crippen molar-refractivity contribution in [2.24, 2.45) is 0 Å². The van der Waals surface area contributed by atoms with Gasteiger partial charge in [-0.3, -0.25) is 4.90 Å². The molecule has 0 radical (unpaired) electrons. The Kier molecular flexibility index (Phi) is 3.69. The number of nitrogens with zero attached hydrogens (tertiary/aromatic N) is 1. The maximum atomic E-state index is 9.84. The van der Waals surface area contributed by atoms with E-state index in [0.29, 0.717) is 0 Å². The minimum Gasteiger partial charge on any atom is -0.395 e. The van der Waals surface area contributed by atoms with Gasteiger partial charge in [-0.1, -0.05) is 0 Å². The third-order valence-electron chi connectivity index (χ3n) is 3.90. The molecule has 2 heterocycles. The minimum atomic E-state index is -1.22. The Bertz CT molecular complexity index is 278. The van der Waals surface area contributed by atoms with Gasteiger partial charge in [-0.25, -0.2) is 0 Å². The van der Waals surface area contributed by atoms with E-state index in [0.717, 1.165) is 0 Å². The highest BCUT2D eigenvalue weighted by molar-refractivity contribution is 5.11. The molecule has 0 unspecified atom stereocenters. The first kappa shape index (κ1) is 13.2. The smallest absolute Gasteiger partial charge is 0.0995 e. The molecule has 0 spiro atoms. The van der Waals surface area contributed by atoms with E-state index >= 15 is 0 Å². The highest BCUT2D eigenvalue weighted by atomic mass is 16.4. The van der Waals surface area contributed by atoms with Crippen LogP contribution in [0.1, 0.15) is 6.42 Å². The first-order valence-corrected chi connectivity index (χ1v) is 5.74. The van der Waals surface area contributed by atoms with Crippen LogP contribution in [0.15, 0.2) is 0 Å². The molecule has 0 aromatic rings. The van der Waals surface area contributed by atoms with Crippen molar-refractivity contribution in [3.63, 3.8) is 0 Å². The standard InChI is InChI=1S/C10H19NO6/c12-2-5-6(14)1-4-9(16)10(17)8(11(4)5)7(15)3-13/h4-10,12-17H,1-3H2/t4-,5-,6-,7+,8-,9+,10-/m0/s1. The second-order valence-electron chi connectivity index (χ2n) is 4.79. The lowest BCUT2D eigenvalue weighted by Gasteiger charge is -2.33. The van der Waals surface area contributed by atoms with E-state index in [9.17, 15) is 25.5 Å². The largest absolute Gasteiger partial charge is 0.395 e. The summed E-state index contributed by atoms with van der Waals surface area (Å²) < 4.78 is 0. The molecule has 2 fully saturated rings. The highest BCUT2D eigenvalue weighted by Crippen LogP contribution is 2.38. The van der Waals surface area contributed by atoms with Crippen molar-refractivity contribution in [1.82, 2.24) is 4.90 Å². The molecular formula is C10H19NO6. The summed E-state index contributed by atoms with van der Waals surface area (Å²) in [5, 5.41) is 57.2. The third kappa shape index (κ3) is 1.88. The van der Waals surface area contributed by atoms with Crippen molar-refractivity contribution in [3.05, 3.63) is 0 Å². The van der Waals surface area contributed by atoms with Crippen molar-refractivity contribution in [1.29, 1.82) is 0 Å². The first-order valence-electron chi connectivity index (χ1n) is 5.74. The average Bonchev–Trinajstić information content (AvgIpc) is 2.75. The summed E-state index contributed by atoms with van der Waals surface area (Å²) in [7, 11) is 0. The normalized spacial score (nSPS) is 48.4. The summed E-state index contributed by atoms with van der Waals surface area (Å²) >= 11 is 0. The molecule has 7 atom stereocenters. The number of hydrogen-bond donors (Lipinski definition) is 6. The second-order valence-corrected chi connectivity index (χ2v) is 4.79. The van der Waals surface area contributed by atoms with Crippen LogP contribution in [-0.2, 0) is 0 Å². The van der Waals surface area contributed by atoms with E-state index in [1.807, 2.05) is 0 Å². The summed E-state index contributed by atoms with van der Waals surface area (Å²) in [5.41, 5.74) is 0. The summed E-state index contributed by atoms with van der Waals surface area (Å²) in [5.74, 6) is 0. The highest BCUT2D eigenvalue weighted by Gasteiger charge is 2.57. The topological polar surface area (TPSA) is 125 Å². The van der Waals surface area contributed by atoms with Gasteiger partial charge in [0.25, 0.3) is 0 Å². The molecule has 6 N–H and O–H groups in total. The number of aliphatic hydroxyl groups excluding tert-OH is 6. The van der Waals surface area contributed by atoms with Gasteiger partial charge in [0, 0.05) is 6.04 Å². The molecule has 100 valence electrons. The van der Waals surface area contributed by atoms with Crippen LogP contribution in [0.2, 0.25) is 0 Å². The predicted molar refractivity (Wildman–Crippen MR) is 56.0 cm³/mol. The monoisotopic (exact) mass is 249 g/mol. The Balaban J connectivity index is 2.26. The van der Waals surface area contributed by atoms with Crippen LogP contribution in [0.3, 0.4) is 0 Å². The van der Waals surface area contributed by atoms with Crippen LogP contribution in [0.25, 0.3) is 0 Å². The van der Waals surface area contributed by atoms with Gasteiger partial charge in [-0.15, -0.1) is 0 Å². The maximum Gasteiger partial charge on any atom is 0.0995 e. The van der Waals surface area contributed by atoms with Gasteiger partial charge in [0.15, 0.2) is 0 Å². The molecule has 0 aliphatic carbocycles. The molecule has 2 saturated heterocycles. The lowest BCUT2D eigenvalue weighted by atomic mass is 9.99. The summed E-state index contributed by atoms with van der Waals surface area (Å²) in [4.78, 5) is 1.53. The first-order chi connectivity index (χ1) is 8.02. The molecule has 7 nitrogen and oxygen atoms in total. The molecule has 2 aliphatic rings. The zero-order chi connectivity index (χ0) is 12.7. The maximum absolute atomic E-state index is 9.84. The van der Waals surface area contributed by atoms with Crippen LogP contribution in [0.5, 0.6) is 0 Å². The summed E-state index contributed by atoms with van der Waals surface area (Å²) in [6, 6.07) is -1.99.